The number of anilines is 1. The molecule has 2 N–H and O–H groups in total. The third-order valence-electron chi connectivity index (χ3n) is 4.08. The van der Waals surface area contributed by atoms with Crippen LogP contribution < -0.4 is 15.8 Å². The standard InChI is InChI=1S/C17H17N5O/c23-17-13-5-4-12(22-9-7-18-8-10-22)11-15(13)20-16(21-17)14-3-1-2-6-19-14/h1-6,11,18H,7-10H2,(H,20,21,23). The van der Waals surface area contributed by atoms with Gasteiger partial charge in [-0.3, -0.25) is 9.78 Å². The maximum atomic E-state index is 12.3. The van der Waals surface area contributed by atoms with E-state index < -0.39 is 0 Å². The van der Waals surface area contributed by atoms with Crippen LogP contribution in [0.3, 0.4) is 0 Å². The molecular formula is C17H17N5O. The quantitative estimate of drug-likeness (QED) is 0.748. The number of hydrogen-bond donors (Lipinski definition) is 2. The Labute approximate surface area is 133 Å². The molecule has 1 aliphatic rings. The minimum absolute atomic E-state index is 0.137. The molecular weight excluding hydrogens is 290 g/mol. The summed E-state index contributed by atoms with van der Waals surface area (Å²) in [7, 11) is 0. The number of hydrogen-bond acceptors (Lipinski definition) is 5. The summed E-state index contributed by atoms with van der Waals surface area (Å²) in [6, 6.07) is 11.4. The van der Waals surface area contributed by atoms with E-state index in [1.165, 1.54) is 0 Å². The lowest BCUT2D eigenvalue weighted by molar-refractivity contribution is 0.589. The third kappa shape index (κ3) is 2.68. The Morgan fingerprint density at radius 1 is 1.09 bits per heavy atom. The minimum atomic E-state index is -0.137. The molecule has 0 spiro atoms. The third-order valence-corrected chi connectivity index (χ3v) is 4.08. The van der Waals surface area contributed by atoms with E-state index in [0.29, 0.717) is 22.4 Å². The Morgan fingerprint density at radius 2 is 1.96 bits per heavy atom. The van der Waals surface area contributed by atoms with Crippen molar-refractivity contribution in [3.63, 3.8) is 0 Å². The first-order valence-electron chi connectivity index (χ1n) is 7.72. The zero-order chi connectivity index (χ0) is 15.6. The van der Waals surface area contributed by atoms with Crippen molar-refractivity contribution < 1.29 is 0 Å². The topological polar surface area (TPSA) is 73.9 Å². The Kier molecular flexibility index (Phi) is 3.51. The molecule has 0 atom stereocenters. The summed E-state index contributed by atoms with van der Waals surface area (Å²) in [4.78, 5) is 26.3. The van der Waals surface area contributed by atoms with Gasteiger partial charge in [-0.25, -0.2) is 4.98 Å². The van der Waals surface area contributed by atoms with Crippen LogP contribution in [0.5, 0.6) is 0 Å². The van der Waals surface area contributed by atoms with E-state index in [4.69, 9.17) is 0 Å². The Hall–Kier alpha value is -2.73. The lowest BCUT2D eigenvalue weighted by Gasteiger charge is -2.29. The van der Waals surface area contributed by atoms with Crippen LogP contribution in [0.2, 0.25) is 0 Å². The highest BCUT2D eigenvalue weighted by molar-refractivity contribution is 5.83. The summed E-state index contributed by atoms with van der Waals surface area (Å²) >= 11 is 0. The predicted octanol–water partition coefficient (Wildman–Crippen LogP) is 1.39. The van der Waals surface area contributed by atoms with Crippen LogP contribution in [-0.2, 0) is 0 Å². The van der Waals surface area contributed by atoms with Gasteiger partial charge in [0.2, 0.25) is 0 Å². The molecule has 0 radical (unpaired) electrons. The van der Waals surface area contributed by atoms with Crippen LogP contribution in [-0.4, -0.2) is 41.1 Å². The predicted molar refractivity (Wildman–Crippen MR) is 90.7 cm³/mol. The number of nitrogens with zero attached hydrogens (tertiary/aromatic N) is 3. The van der Waals surface area contributed by atoms with Gasteiger partial charge >= 0.3 is 0 Å². The summed E-state index contributed by atoms with van der Waals surface area (Å²) in [5.74, 6) is 0.501. The van der Waals surface area contributed by atoms with Crippen LogP contribution in [0.1, 0.15) is 0 Å². The van der Waals surface area contributed by atoms with E-state index in [0.717, 1.165) is 31.9 Å². The molecule has 6 heteroatoms. The van der Waals surface area contributed by atoms with Gasteiger partial charge in [0.05, 0.1) is 10.9 Å². The van der Waals surface area contributed by atoms with Gasteiger partial charge in [-0.2, -0.15) is 0 Å². The lowest BCUT2D eigenvalue weighted by Crippen LogP contribution is -2.43. The molecule has 1 fully saturated rings. The number of H-pyrrole nitrogens is 1. The van der Waals surface area contributed by atoms with Crippen molar-refractivity contribution in [3.05, 3.63) is 52.9 Å². The van der Waals surface area contributed by atoms with Crippen LogP contribution in [0.25, 0.3) is 22.4 Å². The van der Waals surface area contributed by atoms with Gasteiger partial charge in [-0.1, -0.05) is 6.07 Å². The molecule has 1 saturated heterocycles. The van der Waals surface area contributed by atoms with Crippen molar-refractivity contribution in [1.29, 1.82) is 0 Å². The number of aromatic nitrogens is 3. The number of pyridine rings is 1. The summed E-state index contributed by atoms with van der Waals surface area (Å²) in [5.41, 5.74) is 2.33. The molecule has 0 unspecified atom stereocenters. The van der Waals surface area contributed by atoms with Crippen molar-refractivity contribution >= 4 is 16.6 Å². The van der Waals surface area contributed by atoms with Gasteiger partial charge in [0, 0.05) is 38.1 Å². The van der Waals surface area contributed by atoms with Crippen LogP contribution in [0, 0.1) is 0 Å². The Morgan fingerprint density at radius 3 is 2.74 bits per heavy atom. The van der Waals surface area contributed by atoms with Crippen LogP contribution in [0.4, 0.5) is 5.69 Å². The highest BCUT2D eigenvalue weighted by Gasteiger charge is 2.13. The van der Waals surface area contributed by atoms with Gasteiger partial charge in [0.1, 0.15) is 5.69 Å². The molecule has 2 aromatic heterocycles. The molecule has 0 aliphatic carbocycles. The van der Waals surface area contributed by atoms with E-state index in [9.17, 15) is 4.79 Å². The summed E-state index contributed by atoms with van der Waals surface area (Å²) in [5, 5.41) is 3.94. The van der Waals surface area contributed by atoms with Crippen LogP contribution in [0.15, 0.2) is 47.4 Å². The first-order valence-corrected chi connectivity index (χ1v) is 7.72. The van der Waals surface area contributed by atoms with Crippen molar-refractivity contribution in [3.8, 4) is 11.5 Å². The zero-order valence-corrected chi connectivity index (χ0v) is 12.6. The molecule has 1 aromatic carbocycles. The average molecular weight is 307 g/mol. The second-order valence-corrected chi connectivity index (χ2v) is 5.57. The molecule has 4 rings (SSSR count). The normalized spacial score (nSPS) is 15.0. The molecule has 0 amide bonds. The zero-order valence-electron chi connectivity index (χ0n) is 12.6. The van der Waals surface area contributed by atoms with Gasteiger partial charge in [-0.15, -0.1) is 0 Å². The van der Waals surface area contributed by atoms with Gasteiger partial charge < -0.3 is 15.2 Å². The highest BCUT2D eigenvalue weighted by atomic mass is 16.1. The number of benzene rings is 1. The first-order chi connectivity index (χ1) is 11.3. The van der Waals surface area contributed by atoms with Gasteiger partial charge in [0.15, 0.2) is 5.82 Å². The van der Waals surface area contributed by atoms with E-state index in [1.807, 2.05) is 36.4 Å². The molecule has 116 valence electrons. The number of piperazine rings is 1. The molecule has 0 bridgehead atoms. The molecule has 3 aromatic rings. The molecule has 0 saturated carbocycles. The van der Waals surface area contributed by atoms with E-state index in [-0.39, 0.29) is 5.56 Å². The van der Waals surface area contributed by atoms with Crippen molar-refractivity contribution in [1.82, 2.24) is 20.3 Å². The number of nitrogens with one attached hydrogen (secondary N) is 2. The Bertz CT molecular complexity index is 884. The summed E-state index contributed by atoms with van der Waals surface area (Å²) in [6.45, 7) is 3.86. The highest BCUT2D eigenvalue weighted by Crippen LogP contribution is 2.21. The second-order valence-electron chi connectivity index (χ2n) is 5.57. The molecule has 3 heterocycles. The van der Waals surface area contributed by atoms with E-state index >= 15 is 0 Å². The Balaban J connectivity index is 1.81. The maximum Gasteiger partial charge on any atom is 0.259 e. The van der Waals surface area contributed by atoms with Crippen LogP contribution >= 0.6 is 0 Å². The molecule has 1 aliphatic heterocycles. The molecule has 23 heavy (non-hydrogen) atoms. The number of aromatic amines is 1. The van der Waals surface area contributed by atoms with Crippen molar-refractivity contribution in [2.75, 3.05) is 31.1 Å². The second kappa shape index (κ2) is 5.81. The van der Waals surface area contributed by atoms with Crippen molar-refractivity contribution in [2.45, 2.75) is 0 Å². The minimum Gasteiger partial charge on any atom is -0.369 e. The van der Waals surface area contributed by atoms with Crippen molar-refractivity contribution in [2.24, 2.45) is 0 Å². The smallest absolute Gasteiger partial charge is 0.259 e. The fourth-order valence-corrected chi connectivity index (χ4v) is 2.87. The summed E-state index contributed by atoms with van der Waals surface area (Å²) in [6.07, 6.45) is 1.69. The lowest BCUT2D eigenvalue weighted by atomic mass is 10.2. The largest absolute Gasteiger partial charge is 0.369 e. The first kappa shape index (κ1) is 13.9. The number of fused-ring (bicyclic) bond motifs is 1. The maximum absolute atomic E-state index is 12.3. The molecule has 6 nitrogen and oxygen atoms in total. The van der Waals surface area contributed by atoms with E-state index in [2.05, 4.69) is 25.2 Å². The summed E-state index contributed by atoms with van der Waals surface area (Å²) < 4.78 is 0. The monoisotopic (exact) mass is 307 g/mol. The average Bonchev–Trinajstić information content (AvgIpc) is 2.63. The SMILES string of the molecule is O=c1[nH]c(-c2ccccn2)nc2cc(N3CCNCC3)ccc12. The number of rotatable bonds is 2. The van der Waals surface area contributed by atoms with E-state index in [1.54, 1.807) is 6.20 Å². The van der Waals surface area contributed by atoms with Gasteiger partial charge in [-0.05, 0) is 30.3 Å². The van der Waals surface area contributed by atoms with Gasteiger partial charge in [0.25, 0.3) is 5.56 Å². The fourth-order valence-electron chi connectivity index (χ4n) is 2.87. The fraction of sp³-hybridized carbons (Fsp3) is 0.235.